The number of ether oxygens (including phenoxy) is 1. The molecule has 1 heterocycles. The fourth-order valence-corrected chi connectivity index (χ4v) is 4.58. The number of amides is 1. The van der Waals surface area contributed by atoms with Crippen molar-refractivity contribution in [3.63, 3.8) is 0 Å². The highest BCUT2D eigenvalue weighted by Gasteiger charge is 2.38. The van der Waals surface area contributed by atoms with Crippen molar-refractivity contribution in [3.05, 3.63) is 56.9 Å². The second-order valence-electron chi connectivity index (χ2n) is 5.68. The molecule has 1 saturated heterocycles. The number of nitrogens with zero attached hydrogens (tertiary/aromatic N) is 1. The quantitative estimate of drug-likeness (QED) is 0.655. The molecule has 9 heteroatoms. The van der Waals surface area contributed by atoms with Crippen molar-refractivity contribution < 1.29 is 22.3 Å². The summed E-state index contributed by atoms with van der Waals surface area (Å²) in [6, 6.07) is 10.9. The lowest BCUT2D eigenvalue weighted by molar-refractivity contribution is -0.117. The highest BCUT2D eigenvalue weighted by atomic mass is 127. The van der Waals surface area contributed by atoms with Gasteiger partial charge in [-0.25, -0.2) is 13.4 Å². The Balaban J connectivity index is 2.06. The summed E-state index contributed by atoms with van der Waals surface area (Å²) >= 11 is 1.83. The molecule has 1 aliphatic rings. The summed E-state index contributed by atoms with van der Waals surface area (Å²) in [7, 11) is -4.14. The first-order valence-corrected chi connectivity index (χ1v) is 10.4. The van der Waals surface area contributed by atoms with E-state index in [0.717, 1.165) is 5.56 Å². The van der Waals surface area contributed by atoms with Crippen molar-refractivity contribution in [2.24, 2.45) is 0 Å². The van der Waals surface area contributed by atoms with Gasteiger partial charge >= 0.3 is 10.2 Å². The third-order valence-corrected chi connectivity index (χ3v) is 6.45. The molecule has 3 rings (SSSR count). The third-order valence-electron chi connectivity index (χ3n) is 3.91. The maximum Gasteiger partial charge on any atom is 0.326 e. The molecule has 1 aliphatic heterocycles. The van der Waals surface area contributed by atoms with E-state index in [1.165, 1.54) is 0 Å². The van der Waals surface area contributed by atoms with E-state index < -0.39 is 28.5 Å². The van der Waals surface area contributed by atoms with Crippen molar-refractivity contribution >= 4 is 44.4 Å². The fraction of sp³-hybridized carbons (Fsp3) is 0.235. The van der Waals surface area contributed by atoms with Gasteiger partial charge in [0.25, 0.3) is 5.91 Å². The number of anilines is 1. The number of hydrogen-bond acceptors (Lipinski definition) is 4. The van der Waals surface area contributed by atoms with Gasteiger partial charge in [-0.1, -0.05) is 37.3 Å². The molecule has 6 nitrogen and oxygen atoms in total. The number of aryl methyl sites for hydroxylation is 1. The van der Waals surface area contributed by atoms with Crippen LogP contribution in [0.3, 0.4) is 0 Å². The molecule has 26 heavy (non-hydrogen) atoms. The lowest BCUT2D eigenvalue weighted by Crippen LogP contribution is -2.31. The van der Waals surface area contributed by atoms with E-state index in [9.17, 15) is 13.2 Å². The first-order chi connectivity index (χ1) is 12.3. The van der Waals surface area contributed by atoms with E-state index in [0.29, 0.717) is 19.9 Å². The molecular formula is C17H16FIN2O4S. The van der Waals surface area contributed by atoms with Gasteiger partial charge in [-0.3, -0.25) is 4.79 Å². The SMILES string of the molecule is CCc1cc(OCc2ccccc2)c(N2CC(=O)NS2(=O)=O)c(F)c1I. The second-order valence-corrected chi connectivity index (χ2v) is 8.35. The molecule has 2 aromatic carbocycles. The molecule has 0 radical (unpaired) electrons. The zero-order chi connectivity index (χ0) is 18.9. The van der Waals surface area contributed by atoms with Crippen molar-refractivity contribution in [3.8, 4) is 5.75 Å². The number of nitrogens with one attached hydrogen (secondary N) is 1. The maximum absolute atomic E-state index is 15.0. The van der Waals surface area contributed by atoms with Gasteiger partial charge in [-0.15, -0.1) is 0 Å². The van der Waals surface area contributed by atoms with Crippen molar-refractivity contribution in [1.29, 1.82) is 0 Å². The first kappa shape index (κ1) is 18.9. The van der Waals surface area contributed by atoms with Gasteiger partial charge in [-0.2, -0.15) is 8.42 Å². The van der Waals surface area contributed by atoms with Crippen LogP contribution >= 0.6 is 22.6 Å². The molecule has 0 atom stereocenters. The molecule has 0 spiro atoms. The average Bonchev–Trinajstić information content (AvgIpc) is 2.88. The van der Waals surface area contributed by atoms with Crippen LogP contribution in [0, 0.1) is 9.39 Å². The number of hydrogen-bond donors (Lipinski definition) is 1. The zero-order valence-electron chi connectivity index (χ0n) is 13.8. The Morgan fingerprint density at radius 1 is 1.31 bits per heavy atom. The summed E-state index contributed by atoms with van der Waals surface area (Å²) in [5.41, 5.74) is 1.31. The number of halogens is 2. The molecule has 138 valence electrons. The van der Waals surface area contributed by atoms with Crippen LogP contribution in [0.1, 0.15) is 18.1 Å². The maximum atomic E-state index is 15.0. The van der Waals surface area contributed by atoms with Crippen LogP contribution in [-0.2, 0) is 28.0 Å². The van der Waals surface area contributed by atoms with Crippen molar-refractivity contribution in [1.82, 2.24) is 4.72 Å². The van der Waals surface area contributed by atoms with Crippen LogP contribution in [-0.4, -0.2) is 20.9 Å². The topological polar surface area (TPSA) is 75.7 Å². The minimum absolute atomic E-state index is 0.0868. The largest absolute Gasteiger partial charge is 0.487 e. The summed E-state index contributed by atoms with van der Waals surface area (Å²) in [5.74, 6) is -1.34. The van der Waals surface area contributed by atoms with Gasteiger partial charge in [-0.05, 0) is 46.2 Å². The van der Waals surface area contributed by atoms with Crippen LogP contribution in [0.4, 0.5) is 10.1 Å². The Bertz CT molecular complexity index is 951. The molecule has 0 bridgehead atoms. The van der Waals surface area contributed by atoms with Crippen LogP contribution in [0.2, 0.25) is 0 Å². The van der Waals surface area contributed by atoms with Crippen LogP contribution in [0.25, 0.3) is 0 Å². The number of rotatable bonds is 5. The Hall–Kier alpha value is -1.88. The molecule has 2 aromatic rings. The highest BCUT2D eigenvalue weighted by molar-refractivity contribution is 14.1. The van der Waals surface area contributed by atoms with Gasteiger partial charge in [0.05, 0.1) is 3.57 Å². The molecule has 0 unspecified atom stereocenters. The van der Waals surface area contributed by atoms with Gasteiger partial charge < -0.3 is 4.74 Å². The predicted octanol–water partition coefficient (Wildman–Crippen LogP) is 2.75. The lowest BCUT2D eigenvalue weighted by atomic mass is 10.1. The smallest absolute Gasteiger partial charge is 0.326 e. The van der Waals surface area contributed by atoms with Gasteiger partial charge in [0, 0.05) is 0 Å². The highest BCUT2D eigenvalue weighted by Crippen LogP contribution is 2.39. The van der Waals surface area contributed by atoms with Crippen LogP contribution < -0.4 is 13.8 Å². The zero-order valence-corrected chi connectivity index (χ0v) is 16.8. The normalized spacial score (nSPS) is 15.8. The van der Waals surface area contributed by atoms with Gasteiger partial charge in [0.1, 0.15) is 24.6 Å². The summed E-state index contributed by atoms with van der Waals surface area (Å²) in [6.45, 7) is 1.53. The van der Waals surface area contributed by atoms with Crippen molar-refractivity contribution in [2.75, 3.05) is 10.8 Å². The summed E-state index contributed by atoms with van der Waals surface area (Å²) < 4.78 is 48.0. The molecule has 0 saturated carbocycles. The Morgan fingerprint density at radius 3 is 2.58 bits per heavy atom. The average molecular weight is 490 g/mol. The predicted molar refractivity (Wildman–Crippen MR) is 104 cm³/mol. The molecular weight excluding hydrogens is 474 g/mol. The summed E-state index contributed by atoms with van der Waals surface area (Å²) in [5, 5.41) is 0. The second kappa shape index (κ2) is 7.39. The molecule has 1 fully saturated rings. The number of carbonyl (C=O) groups excluding carboxylic acids is 1. The lowest BCUT2D eigenvalue weighted by Gasteiger charge is -2.21. The number of carbonyl (C=O) groups is 1. The number of benzene rings is 2. The van der Waals surface area contributed by atoms with Gasteiger partial charge in [0.15, 0.2) is 5.82 Å². The van der Waals surface area contributed by atoms with E-state index in [-0.39, 0.29) is 18.0 Å². The van der Waals surface area contributed by atoms with E-state index >= 15 is 4.39 Å². The van der Waals surface area contributed by atoms with Crippen LogP contribution in [0.5, 0.6) is 5.75 Å². The third kappa shape index (κ3) is 3.63. The van der Waals surface area contributed by atoms with Crippen molar-refractivity contribution in [2.45, 2.75) is 20.0 Å². The standard InChI is InChI=1S/C17H16FIN2O4S/c1-2-12-8-13(25-10-11-6-4-3-5-7-11)17(15(18)16(12)19)21-9-14(22)20-26(21,23)24/h3-8H,2,9-10H2,1H3,(H,20,22). The monoisotopic (exact) mass is 490 g/mol. The molecule has 1 amide bonds. The van der Waals surface area contributed by atoms with Crippen LogP contribution in [0.15, 0.2) is 36.4 Å². The molecule has 1 N–H and O–H groups in total. The molecule has 0 aliphatic carbocycles. The Labute approximate surface area is 164 Å². The molecule has 0 aromatic heterocycles. The van der Waals surface area contributed by atoms with E-state index in [1.807, 2.05) is 64.6 Å². The Morgan fingerprint density at radius 2 is 2.00 bits per heavy atom. The minimum atomic E-state index is -4.14. The Kier molecular flexibility index (Phi) is 5.37. The van der Waals surface area contributed by atoms with E-state index in [4.69, 9.17) is 4.74 Å². The van der Waals surface area contributed by atoms with Gasteiger partial charge in [0.2, 0.25) is 0 Å². The van der Waals surface area contributed by atoms with E-state index in [1.54, 1.807) is 6.07 Å². The van der Waals surface area contributed by atoms with E-state index in [2.05, 4.69) is 0 Å². The fourth-order valence-electron chi connectivity index (χ4n) is 2.62. The first-order valence-electron chi connectivity index (χ1n) is 7.84. The summed E-state index contributed by atoms with van der Waals surface area (Å²) in [6.07, 6.45) is 0.557. The summed E-state index contributed by atoms with van der Waals surface area (Å²) in [4.78, 5) is 11.6. The minimum Gasteiger partial charge on any atom is -0.487 e.